The number of fused-ring (bicyclic) bond motifs is 1. The Hall–Kier alpha value is -1.81. The van der Waals surface area contributed by atoms with Gasteiger partial charge >= 0.3 is 0 Å². The summed E-state index contributed by atoms with van der Waals surface area (Å²) in [6.07, 6.45) is 4.62. The Balaban J connectivity index is 1.69. The fourth-order valence-corrected chi connectivity index (χ4v) is 3.78. The molecule has 9 nitrogen and oxygen atoms in total. The fourth-order valence-electron chi connectivity index (χ4n) is 3.78. The number of rotatable bonds is 4. The third kappa shape index (κ3) is 2.67. The molecule has 0 bridgehead atoms. The lowest BCUT2D eigenvalue weighted by molar-refractivity contribution is -0.0950. The molecule has 0 spiro atoms. The van der Waals surface area contributed by atoms with Crippen LogP contribution in [0.4, 0.5) is 5.82 Å². The minimum absolute atomic E-state index is 0.384. The van der Waals surface area contributed by atoms with Gasteiger partial charge in [-0.05, 0) is 19.8 Å². The van der Waals surface area contributed by atoms with Gasteiger partial charge in [0.1, 0.15) is 24.1 Å². The standard InChI is InChI=1S/C16H23N5O4/c1-16(24)12(23)10(6-22)25-15(16)21-8-19-11-13(17-7-18-14(11)21)20-9-4-2-3-5-9/h7-10,12,15,22-24H,2-6H2,1H3,(H,17,18,20)/t10-,12-,15-,16-/m0/s1. The Morgan fingerprint density at radius 1 is 1.32 bits per heavy atom. The maximum Gasteiger partial charge on any atom is 0.168 e. The Morgan fingerprint density at radius 2 is 2.08 bits per heavy atom. The molecule has 0 radical (unpaired) electrons. The first-order valence-corrected chi connectivity index (χ1v) is 8.63. The number of nitrogens with zero attached hydrogens (tertiary/aromatic N) is 4. The zero-order valence-electron chi connectivity index (χ0n) is 14.0. The van der Waals surface area contributed by atoms with E-state index in [1.165, 1.54) is 32.4 Å². The number of aromatic nitrogens is 4. The van der Waals surface area contributed by atoms with Crippen molar-refractivity contribution >= 4 is 17.0 Å². The summed E-state index contributed by atoms with van der Waals surface area (Å²) in [6.45, 7) is 1.09. The second-order valence-electron chi connectivity index (χ2n) is 7.05. The number of nitrogens with one attached hydrogen (secondary N) is 1. The molecule has 136 valence electrons. The number of hydrogen-bond donors (Lipinski definition) is 4. The first kappa shape index (κ1) is 16.6. The smallest absolute Gasteiger partial charge is 0.168 e. The second-order valence-corrected chi connectivity index (χ2v) is 7.05. The molecule has 1 saturated heterocycles. The highest BCUT2D eigenvalue weighted by atomic mass is 16.6. The van der Waals surface area contributed by atoms with Gasteiger partial charge in [0.25, 0.3) is 0 Å². The van der Waals surface area contributed by atoms with E-state index in [-0.39, 0.29) is 6.61 Å². The van der Waals surface area contributed by atoms with Gasteiger partial charge in [0.15, 0.2) is 23.2 Å². The molecule has 1 aliphatic heterocycles. The molecule has 4 rings (SSSR count). The van der Waals surface area contributed by atoms with Crippen LogP contribution in [0.2, 0.25) is 0 Å². The Morgan fingerprint density at radius 3 is 2.76 bits per heavy atom. The van der Waals surface area contributed by atoms with Crippen molar-refractivity contribution < 1.29 is 20.1 Å². The second kappa shape index (κ2) is 6.17. The molecular formula is C16H23N5O4. The largest absolute Gasteiger partial charge is 0.394 e. The van der Waals surface area contributed by atoms with Gasteiger partial charge in [-0.15, -0.1) is 0 Å². The number of hydrogen-bond acceptors (Lipinski definition) is 8. The Bertz CT molecular complexity index is 758. The average Bonchev–Trinajstić information content (AvgIpc) is 3.29. The molecule has 4 atom stereocenters. The summed E-state index contributed by atoms with van der Waals surface area (Å²) >= 11 is 0. The third-order valence-corrected chi connectivity index (χ3v) is 5.24. The van der Waals surface area contributed by atoms with Crippen LogP contribution in [0.1, 0.15) is 38.8 Å². The normalized spacial score (nSPS) is 33.4. The molecule has 0 unspecified atom stereocenters. The van der Waals surface area contributed by atoms with Gasteiger partial charge in [-0.25, -0.2) is 15.0 Å². The van der Waals surface area contributed by atoms with Crippen molar-refractivity contribution in [2.75, 3.05) is 11.9 Å². The molecule has 1 saturated carbocycles. The highest BCUT2D eigenvalue weighted by molar-refractivity contribution is 5.82. The summed E-state index contributed by atoms with van der Waals surface area (Å²) in [7, 11) is 0. The van der Waals surface area contributed by atoms with Crippen LogP contribution in [0.15, 0.2) is 12.7 Å². The zero-order chi connectivity index (χ0) is 17.6. The van der Waals surface area contributed by atoms with Crippen LogP contribution in [0.5, 0.6) is 0 Å². The lowest BCUT2D eigenvalue weighted by Crippen LogP contribution is -2.44. The van der Waals surface area contributed by atoms with E-state index in [4.69, 9.17) is 4.74 Å². The van der Waals surface area contributed by atoms with E-state index >= 15 is 0 Å². The highest BCUT2D eigenvalue weighted by Gasteiger charge is 2.53. The molecule has 9 heteroatoms. The van der Waals surface area contributed by atoms with Crippen molar-refractivity contribution in [1.29, 1.82) is 0 Å². The predicted molar refractivity (Wildman–Crippen MR) is 88.8 cm³/mol. The number of imidazole rings is 1. The molecule has 4 N–H and O–H groups in total. The summed E-state index contributed by atoms with van der Waals surface area (Å²) < 4.78 is 7.24. The minimum atomic E-state index is -1.58. The first-order chi connectivity index (χ1) is 12.0. The average molecular weight is 349 g/mol. The monoisotopic (exact) mass is 349 g/mol. The molecule has 2 fully saturated rings. The highest BCUT2D eigenvalue weighted by Crippen LogP contribution is 2.39. The molecule has 3 heterocycles. The Labute approximate surface area is 144 Å². The summed E-state index contributed by atoms with van der Waals surface area (Å²) in [5, 5.41) is 33.6. The van der Waals surface area contributed by atoms with Gasteiger partial charge in [-0.3, -0.25) is 4.57 Å². The number of ether oxygens (including phenoxy) is 1. The van der Waals surface area contributed by atoms with E-state index in [0.717, 1.165) is 12.8 Å². The van der Waals surface area contributed by atoms with Crippen LogP contribution in [-0.4, -0.2) is 65.3 Å². The molecule has 2 aromatic heterocycles. The Kier molecular flexibility index (Phi) is 4.11. The van der Waals surface area contributed by atoms with Crippen molar-refractivity contribution in [1.82, 2.24) is 19.5 Å². The van der Waals surface area contributed by atoms with Gasteiger partial charge in [0.05, 0.1) is 12.9 Å². The van der Waals surface area contributed by atoms with Crippen LogP contribution in [0.25, 0.3) is 11.2 Å². The van der Waals surface area contributed by atoms with Gasteiger partial charge in [-0.1, -0.05) is 12.8 Å². The van der Waals surface area contributed by atoms with Crippen LogP contribution in [0, 0.1) is 0 Å². The van der Waals surface area contributed by atoms with Gasteiger partial charge in [0.2, 0.25) is 0 Å². The summed E-state index contributed by atoms with van der Waals surface area (Å²) in [4.78, 5) is 13.0. The fraction of sp³-hybridized carbons (Fsp3) is 0.688. The summed E-state index contributed by atoms with van der Waals surface area (Å²) in [6, 6.07) is 0.384. The van der Waals surface area contributed by atoms with Crippen molar-refractivity contribution in [3.63, 3.8) is 0 Å². The van der Waals surface area contributed by atoms with E-state index in [1.54, 1.807) is 4.57 Å². The van der Waals surface area contributed by atoms with Crippen molar-refractivity contribution in [2.45, 2.75) is 62.7 Å². The zero-order valence-corrected chi connectivity index (χ0v) is 14.0. The maximum atomic E-state index is 10.7. The number of aliphatic hydroxyl groups excluding tert-OH is 2. The SMILES string of the molecule is C[C@@]1(O)[C@@H](n2cnc3c(NC4CCCC4)ncnc32)O[C@@H](CO)[C@@H]1O. The van der Waals surface area contributed by atoms with Gasteiger partial charge < -0.3 is 25.4 Å². The van der Waals surface area contributed by atoms with Crippen molar-refractivity contribution in [3.05, 3.63) is 12.7 Å². The first-order valence-electron chi connectivity index (χ1n) is 8.63. The van der Waals surface area contributed by atoms with Crippen molar-refractivity contribution in [3.8, 4) is 0 Å². The molecule has 25 heavy (non-hydrogen) atoms. The quantitative estimate of drug-likeness (QED) is 0.616. The molecule has 0 amide bonds. The summed E-state index contributed by atoms with van der Waals surface area (Å²) in [5.41, 5.74) is -0.479. The lowest BCUT2D eigenvalue weighted by Gasteiger charge is -2.27. The lowest BCUT2D eigenvalue weighted by atomic mass is 9.96. The minimum Gasteiger partial charge on any atom is -0.394 e. The number of anilines is 1. The number of aliphatic hydroxyl groups is 3. The van der Waals surface area contributed by atoms with Gasteiger partial charge in [0, 0.05) is 6.04 Å². The van der Waals surface area contributed by atoms with Crippen LogP contribution >= 0.6 is 0 Å². The molecule has 2 aliphatic rings. The van der Waals surface area contributed by atoms with Crippen molar-refractivity contribution in [2.24, 2.45) is 0 Å². The topological polar surface area (TPSA) is 126 Å². The van der Waals surface area contributed by atoms with Crippen LogP contribution in [-0.2, 0) is 4.74 Å². The van der Waals surface area contributed by atoms with E-state index in [1.807, 2.05) is 0 Å². The van der Waals surface area contributed by atoms with Gasteiger partial charge in [-0.2, -0.15) is 0 Å². The molecule has 2 aromatic rings. The van der Waals surface area contributed by atoms with Crippen LogP contribution in [0.3, 0.4) is 0 Å². The molecule has 0 aromatic carbocycles. The third-order valence-electron chi connectivity index (χ3n) is 5.24. The van der Waals surface area contributed by atoms with E-state index in [2.05, 4.69) is 20.3 Å². The molecule has 1 aliphatic carbocycles. The predicted octanol–water partition coefficient (Wildman–Crippen LogP) is 0.182. The summed E-state index contributed by atoms with van der Waals surface area (Å²) in [5.74, 6) is 0.660. The maximum absolute atomic E-state index is 10.7. The molecular weight excluding hydrogens is 326 g/mol. The van der Waals surface area contributed by atoms with E-state index in [0.29, 0.717) is 23.0 Å². The van der Waals surface area contributed by atoms with E-state index in [9.17, 15) is 15.3 Å². The van der Waals surface area contributed by atoms with Crippen LogP contribution < -0.4 is 5.32 Å². The van der Waals surface area contributed by atoms with E-state index < -0.39 is 24.0 Å².